The third kappa shape index (κ3) is 19.0. The minimum absolute atomic E-state index is 0.0353. The molecule has 2 spiro atoms. The maximum absolute atomic E-state index is 14.9. The van der Waals surface area contributed by atoms with Crippen molar-refractivity contribution in [3.63, 3.8) is 0 Å². The van der Waals surface area contributed by atoms with Crippen LogP contribution in [0.5, 0.6) is 11.5 Å². The number of carbonyl (C=O) groups excluding carboxylic acids is 3. The van der Waals surface area contributed by atoms with Crippen molar-refractivity contribution in [2.75, 3.05) is 13.2 Å². The Morgan fingerprint density at radius 1 is 0.553 bits per heavy atom. The van der Waals surface area contributed by atoms with Crippen LogP contribution in [0.25, 0.3) is 0 Å². The predicted octanol–water partition coefficient (Wildman–Crippen LogP) is 17.4. The monoisotopic (exact) mass is 1290 g/mol. The first-order chi connectivity index (χ1) is 43.8. The van der Waals surface area contributed by atoms with Crippen LogP contribution in [0.1, 0.15) is 275 Å². The van der Waals surface area contributed by atoms with Crippen molar-refractivity contribution in [3.8, 4) is 11.5 Å². The highest BCUT2D eigenvalue weighted by atomic mass is 16.5. The SMILES string of the molecule is CC(C)(C)CCOc1cccc(C2=NC3(CCC(C(C)(C)C)CC3)N([C@H](CCC(C)(C)C)c3ccc(C(=O)NCc4nn[nH]n4)cc3)C2=O)c1.CC(C)(C)CCOc1cccc(C2=NC3(CCC(C(C)(C)C)CC3)N([C@H](CCC(C)(C)C)c3ccc(C(=O)O)cc3)C2=O)c1. The number of aromatic carboxylic acids is 1. The zero-order valence-corrected chi connectivity index (χ0v) is 60.1. The number of aromatic nitrogens is 4. The molecule has 3 N–H and O–H groups in total. The van der Waals surface area contributed by atoms with E-state index >= 15 is 0 Å². The lowest BCUT2D eigenvalue weighted by atomic mass is 9.69. The number of aliphatic imine (C=N–C) groups is 2. The molecule has 3 heterocycles. The van der Waals surface area contributed by atoms with Gasteiger partial charge in [0.2, 0.25) is 0 Å². The van der Waals surface area contributed by atoms with Gasteiger partial charge in [0.25, 0.3) is 17.7 Å². The largest absolute Gasteiger partial charge is 0.494 e. The summed E-state index contributed by atoms with van der Waals surface area (Å²) >= 11 is 0. The van der Waals surface area contributed by atoms with Crippen LogP contribution in [-0.2, 0) is 16.1 Å². The number of carboxylic acids is 1. The van der Waals surface area contributed by atoms with Crippen molar-refractivity contribution in [1.82, 2.24) is 35.7 Å². The first-order valence-corrected chi connectivity index (χ1v) is 34.6. The van der Waals surface area contributed by atoms with Crippen LogP contribution in [0, 0.1) is 44.3 Å². The average molecular weight is 1290 g/mol. The van der Waals surface area contributed by atoms with E-state index in [9.17, 15) is 24.3 Å². The third-order valence-corrected chi connectivity index (χ3v) is 19.7. The van der Waals surface area contributed by atoms with Crippen LogP contribution in [-0.4, -0.2) is 95.2 Å². The summed E-state index contributed by atoms with van der Waals surface area (Å²) in [7, 11) is 0. The normalized spacial score (nSPS) is 21.2. The molecule has 9 rings (SSSR count). The van der Waals surface area contributed by atoms with Gasteiger partial charge in [0.05, 0.1) is 37.4 Å². The maximum atomic E-state index is 14.9. The van der Waals surface area contributed by atoms with Crippen LogP contribution in [0.2, 0.25) is 0 Å². The minimum Gasteiger partial charge on any atom is -0.494 e. The number of carboxylic acid groups (broad SMARTS) is 1. The Bertz CT molecular complexity index is 3440. The van der Waals surface area contributed by atoms with Gasteiger partial charge in [0.1, 0.15) is 34.2 Å². The summed E-state index contributed by atoms with van der Waals surface area (Å²) < 4.78 is 12.3. The Balaban J connectivity index is 0.000000243. The number of aromatic amines is 1. The highest BCUT2D eigenvalue weighted by Gasteiger charge is 2.55. The van der Waals surface area contributed by atoms with Gasteiger partial charge in [-0.3, -0.25) is 24.4 Å². The summed E-state index contributed by atoms with van der Waals surface area (Å²) in [5.41, 5.74) is 4.93. The molecule has 510 valence electrons. The van der Waals surface area contributed by atoms with Crippen molar-refractivity contribution in [1.29, 1.82) is 0 Å². The molecule has 1 aromatic heterocycles. The van der Waals surface area contributed by atoms with Crippen molar-refractivity contribution in [3.05, 3.63) is 136 Å². The molecule has 0 radical (unpaired) electrons. The topological polar surface area (TPSA) is 205 Å². The average Bonchev–Trinajstić information content (AvgIpc) is 1.58. The lowest BCUT2D eigenvalue weighted by Crippen LogP contribution is -2.51. The molecule has 16 heteroatoms. The van der Waals surface area contributed by atoms with Crippen LogP contribution in [0.4, 0.5) is 0 Å². The Kier molecular flexibility index (Phi) is 22.4. The summed E-state index contributed by atoms with van der Waals surface area (Å²) in [4.78, 5) is 69.2. The van der Waals surface area contributed by atoms with E-state index in [1.54, 1.807) is 12.1 Å². The van der Waals surface area contributed by atoms with Crippen LogP contribution >= 0.6 is 0 Å². The standard InChI is InChI=1S/C40H57N7O3.C38H54N2O4/c1-37(2,3)20-19-32(27-13-15-28(16-14-27)35(48)41-26-33-43-45-46-44-33)47-36(49)34(42-40(47)21-17-30(18-22-40)39(7,8)9)29-11-10-12-31(25-29)50-24-23-38(4,5)6;1-35(2,3)20-19-31(26-13-15-27(16-14-26)34(42)43)40-33(41)32(39-38(40)21-17-29(18-22-38)37(7,8)9)28-11-10-12-30(25-28)44-24-23-36(4,5)6/h10-16,25,30,32H,17-24,26H2,1-9H3,(H,41,48)(H,43,44,45,46);10-16,25,29,31H,17-24H2,1-9H3,(H,42,43)/t30?,32-,40?;29?,31-,38?/m11/s1. The van der Waals surface area contributed by atoms with E-state index in [1.807, 2.05) is 84.9 Å². The van der Waals surface area contributed by atoms with E-state index in [2.05, 4.69) is 160 Å². The molecule has 2 fully saturated rings. The minimum atomic E-state index is -0.952. The van der Waals surface area contributed by atoms with Crippen molar-refractivity contribution >= 4 is 35.1 Å². The maximum Gasteiger partial charge on any atom is 0.335 e. The Morgan fingerprint density at radius 3 is 1.28 bits per heavy atom. The fourth-order valence-electron chi connectivity index (χ4n) is 13.7. The fraction of sp³-hybridized carbons (Fsp3) is 0.603. The van der Waals surface area contributed by atoms with Gasteiger partial charge in [-0.25, -0.2) is 4.79 Å². The van der Waals surface area contributed by atoms with Gasteiger partial charge in [-0.2, -0.15) is 5.21 Å². The Morgan fingerprint density at radius 2 is 0.936 bits per heavy atom. The molecule has 4 aliphatic rings. The number of H-pyrrole nitrogens is 1. The highest BCUT2D eigenvalue weighted by molar-refractivity contribution is 6.47. The van der Waals surface area contributed by atoms with Gasteiger partial charge in [-0.1, -0.05) is 178 Å². The molecule has 3 amide bonds. The van der Waals surface area contributed by atoms with E-state index < -0.39 is 17.3 Å². The second kappa shape index (κ2) is 29.0. The van der Waals surface area contributed by atoms with E-state index in [-0.39, 0.29) is 74.4 Å². The van der Waals surface area contributed by atoms with Crippen LogP contribution in [0.3, 0.4) is 0 Å². The molecule has 16 nitrogen and oxygen atoms in total. The fourth-order valence-corrected chi connectivity index (χ4v) is 13.7. The first-order valence-electron chi connectivity index (χ1n) is 34.6. The number of amides is 3. The van der Waals surface area contributed by atoms with Gasteiger partial charge < -0.3 is 29.7 Å². The van der Waals surface area contributed by atoms with E-state index in [0.717, 1.165) is 124 Å². The number of tetrazole rings is 1. The molecule has 2 atom stereocenters. The molecule has 2 aliphatic carbocycles. The number of benzene rings is 4. The first kappa shape index (κ1) is 72.6. The number of ether oxygens (including phenoxy) is 2. The summed E-state index contributed by atoms with van der Waals surface area (Å²) in [6.07, 6.45) is 12.5. The van der Waals surface area contributed by atoms with Gasteiger partial charge >= 0.3 is 5.97 Å². The molecular formula is C78H111N9O7. The molecule has 0 unspecified atom stereocenters. The van der Waals surface area contributed by atoms with Crippen molar-refractivity contribution in [2.45, 2.75) is 244 Å². The number of nitrogens with one attached hydrogen (secondary N) is 2. The highest BCUT2D eigenvalue weighted by Crippen LogP contribution is 2.53. The Hall–Kier alpha value is -7.23. The zero-order chi connectivity index (χ0) is 68.8. The third-order valence-electron chi connectivity index (χ3n) is 19.7. The second-order valence-electron chi connectivity index (χ2n) is 34.2. The van der Waals surface area contributed by atoms with E-state index in [1.165, 1.54) is 0 Å². The molecule has 0 bridgehead atoms. The molecule has 4 aromatic carbocycles. The zero-order valence-electron chi connectivity index (χ0n) is 60.1. The smallest absolute Gasteiger partial charge is 0.335 e. The summed E-state index contributed by atoms with van der Waals surface area (Å²) in [6.45, 7) is 41.9. The molecule has 2 saturated carbocycles. The molecule has 2 aliphatic heterocycles. The van der Waals surface area contributed by atoms with Gasteiger partial charge in [0.15, 0.2) is 5.82 Å². The predicted molar refractivity (Wildman–Crippen MR) is 375 cm³/mol. The van der Waals surface area contributed by atoms with E-state index in [4.69, 9.17) is 19.5 Å². The quantitative estimate of drug-likeness (QED) is 0.0672. The second-order valence-corrected chi connectivity index (χ2v) is 34.2. The number of hydrogen-bond acceptors (Lipinski definition) is 11. The van der Waals surface area contributed by atoms with Gasteiger partial charge in [-0.05, 0) is 194 Å². The Labute approximate surface area is 561 Å². The summed E-state index contributed by atoms with van der Waals surface area (Å²) in [5.74, 6) is 1.77. The van der Waals surface area contributed by atoms with Gasteiger partial charge in [0, 0.05) is 16.7 Å². The van der Waals surface area contributed by atoms with Crippen molar-refractivity contribution < 1.29 is 33.8 Å². The number of hydrogen-bond donors (Lipinski definition) is 3. The van der Waals surface area contributed by atoms with Gasteiger partial charge in [-0.15, -0.1) is 10.2 Å². The van der Waals surface area contributed by atoms with E-state index in [0.29, 0.717) is 47.9 Å². The van der Waals surface area contributed by atoms with Crippen LogP contribution in [0.15, 0.2) is 107 Å². The number of nitrogens with zero attached hydrogens (tertiary/aromatic N) is 7. The molecule has 5 aromatic rings. The summed E-state index contributed by atoms with van der Waals surface area (Å²) in [5, 5.41) is 26.2. The number of carbonyl (C=O) groups is 4. The molecular weight excluding hydrogens is 1170 g/mol. The molecule has 0 saturated heterocycles. The summed E-state index contributed by atoms with van der Waals surface area (Å²) in [6, 6.07) is 30.1. The lowest BCUT2D eigenvalue weighted by Gasteiger charge is -2.47. The van der Waals surface area contributed by atoms with Crippen LogP contribution < -0.4 is 14.8 Å². The number of rotatable bonds is 20. The van der Waals surface area contributed by atoms with Crippen molar-refractivity contribution in [2.24, 2.45) is 54.3 Å². The molecule has 94 heavy (non-hydrogen) atoms. The lowest BCUT2D eigenvalue weighted by molar-refractivity contribution is -0.134.